The Labute approximate surface area is 104 Å². The fraction of sp³-hybridized carbons (Fsp3) is 0.308. The molecule has 0 aliphatic rings. The highest BCUT2D eigenvalue weighted by Crippen LogP contribution is 2.19. The molecule has 0 amide bonds. The Balaban J connectivity index is 2.11. The average molecular weight is 248 g/mol. The summed E-state index contributed by atoms with van der Waals surface area (Å²) in [6.45, 7) is 0. The number of rotatable bonds is 5. The zero-order valence-corrected chi connectivity index (χ0v) is 9.84. The van der Waals surface area contributed by atoms with Crippen LogP contribution in [0.1, 0.15) is 12.0 Å². The van der Waals surface area contributed by atoms with Gasteiger partial charge in [0, 0.05) is 23.1 Å². The van der Waals surface area contributed by atoms with Crippen LogP contribution in [0.2, 0.25) is 0 Å². The molecule has 0 saturated carbocycles. The number of aliphatic carboxylic acids is 1. The standard InChI is InChI=1S/C13H16N2O3/c14-10(12(16)6-13(17)18)5-8-7-15-11-4-2-1-3-9(8)11/h1-4,7,10,12,15-16H,5-6,14H2,(H,17,18)/t10-,12-/m0/s1. The minimum absolute atomic E-state index is 0.330. The van der Waals surface area contributed by atoms with Crippen LogP contribution >= 0.6 is 0 Å². The van der Waals surface area contributed by atoms with Crippen molar-refractivity contribution in [1.82, 2.24) is 4.98 Å². The summed E-state index contributed by atoms with van der Waals surface area (Å²) < 4.78 is 0. The van der Waals surface area contributed by atoms with Crippen LogP contribution in [0.3, 0.4) is 0 Å². The first-order chi connectivity index (χ1) is 8.58. The van der Waals surface area contributed by atoms with E-state index in [4.69, 9.17) is 10.8 Å². The molecule has 0 saturated heterocycles. The van der Waals surface area contributed by atoms with Crippen LogP contribution in [0.25, 0.3) is 10.9 Å². The highest BCUT2D eigenvalue weighted by atomic mass is 16.4. The molecule has 2 atom stereocenters. The number of hydrogen-bond acceptors (Lipinski definition) is 3. The van der Waals surface area contributed by atoms with E-state index in [9.17, 15) is 9.90 Å². The van der Waals surface area contributed by atoms with E-state index >= 15 is 0 Å². The maximum Gasteiger partial charge on any atom is 0.306 e. The Morgan fingerprint density at radius 1 is 1.39 bits per heavy atom. The van der Waals surface area contributed by atoms with Gasteiger partial charge in [0.15, 0.2) is 0 Å². The van der Waals surface area contributed by atoms with E-state index in [-0.39, 0.29) is 6.42 Å². The molecule has 0 fully saturated rings. The number of carbonyl (C=O) groups is 1. The van der Waals surface area contributed by atoms with Gasteiger partial charge < -0.3 is 20.9 Å². The second kappa shape index (κ2) is 5.20. The number of H-pyrrole nitrogens is 1. The van der Waals surface area contributed by atoms with E-state index in [1.54, 1.807) is 0 Å². The van der Waals surface area contributed by atoms with Crippen LogP contribution in [-0.4, -0.2) is 33.3 Å². The third-order valence-electron chi connectivity index (χ3n) is 3.01. The van der Waals surface area contributed by atoms with E-state index in [1.807, 2.05) is 30.5 Å². The fourth-order valence-corrected chi connectivity index (χ4v) is 2.02. The van der Waals surface area contributed by atoms with E-state index in [2.05, 4.69) is 4.98 Å². The van der Waals surface area contributed by atoms with Gasteiger partial charge in [-0.3, -0.25) is 4.79 Å². The number of para-hydroxylation sites is 1. The fourth-order valence-electron chi connectivity index (χ4n) is 2.02. The molecular formula is C13H16N2O3. The monoisotopic (exact) mass is 248 g/mol. The van der Waals surface area contributed by atoms with Crippen molar-refractivity contribution in [3.8, 4) is 0 Å². The lowest BCUT2D eigenvalue weighted by atomic mass is 10.00. The first-order valence-electron chi connectivity index (χ1n) is 5.78. The van der Waals surface area contributed by atoms with Gasteiger partial charge in [-0.25, -0.2) is 0 Å². The minimum Gasteiger partial charge on any atom is -0.481 e. The molecule has 96 valence electrons. The molecular weight excluding hydrogens is 232 g/mol. The topological polar surface area (TPSA) is 99.3 Å². The van der Waals surface area contributed by atoms with E-state index in [0.717, 1.165) is 16.5 Å². The number of aromatic nitrogens is 1. The molecule has 1 aromatic heterocycles. The summed E-state index contributed by atoms with van der Waals surface area (Å²) in [4.78, 5) is 13.6. The zero-order valence-electron chi connectivity index (χ0n) is 9.84. The highest BCUT2D eigenvalue weighted by Gasteiger charge is 2.19. The number of hydrogen-bond donors (Lipinski definition) is 4. The average Bonchev–Trinajstić information content (AvgIpc) is 2.72. The Morgan fingerprint density at radius 2 is 2.11 bits per heavy atom. The number of carboxylic acids is 1. The quantitative estimate of drug-likeness (QED) is 0.631. The summed E-state index contributed by atoms with van der Waals surface area (Å²) in [6.07, 6.45) is 0.927. The number of benzene rings is 1. The van der Waals surface area contributed by atoms with E-state index in [0.29, 0.717) is 6.42 Å². The summed E-state index contributed by atoms with van der Waals surface area (Å²) in [5.74, 6) is -1.04. The predicted octanol–water partition coefficient (Wildman–Crippen LogP) is 0.873. The van der Waals surface area contributed by atoms with Crippen LogP contribution in [0, 0.1) is 0 Å². The number of fused-ring (bicyclic) bond motifs is 1. The summed E-state index contributed by atoms with van der Waals surface area (Å²) >= 11 is 0. The van der Waals surface area contributed by atoms with Gasteiger partial charge in [0.25, 0.3) is 0 Å². The molecule has 1 aromatic carbocycles. The third-order valence-corrected chi connectivity index (χ3v) is 3.01. The molecule has 0 aliphatic carbocycles. The first-order valence-corrected chi connectivity index (χ1v) is 5.78. The van der Waals surface area contributed by atoms with Gasteiger partial charge in [-0.1, -0.05) is 18.2 Å². The number of carboxylic acid groups (broad SMARTS) is 1. The second-order valence-corrected chi connectivity index (χ2v) is 4.39. The lowest BCUT2D eigenvalue weighted by Crippen LogP contribution is -2.38. The lowest BCUT2D eigenvalue weighted by molar-refractivity contribution is -0.139. The Kier molecular flexibility index (Phi) is 3.64. The molecule has 0 spiro atoms. The smallest absolute Gasteiger partial charge is 0.306 e. The summed E-state index contributed by atoms with van der Waals surface area (Å²) in [5, 5.41) is 19.3. The summed E-state index contributed by atoms with van der Waals surface area (Å²) in [7, 11) is 0. The zero-order chi connectivity index (χ0) is 13.1. The van der Waals surface area contributed by atoms with E-state index < -0.39 is 18.1 Å². The minimum atomic E-state index is -1.04. The molecule has 18 heavy (non-hydrogen) atoms. The van der Waals surface area contributed by atoms with Crippen molar-refractivity contribution >= 4 is 16.9 Å². The van der Waals surface area contributed by atoms with Crippen molar-refractivity contribution in [2.24, 2.45) is 5.73 Å². The van der Waals surface area contributed by atoms with Crippen molar-refractivity contribution < 1.29 is 15.0 Å². The van der Waals surface area contributed by atoms with Gasteiger partial charge in [-0.2, -0.15) is 0 Å². The second-order valence-electron chi connectivity index (χ2n) is 4.39. The number of aliphatic hydroxyl groups is 1. The van der Waals surface area contributed by atoms with Crippen molar-refractivity contribution in [1.29, 1.82) is 0 Å². The van der Waals surface area contributed by atoms with Crippen molar-refractivity contribution in [3.63, 3.8) is 0 Å². The SMILES string of the molecule is N[C@@H](Cc1c[nH]c2ccccc12)[C@@H](O)CC(=O)O. The normalized spacial score (nSPS) is 14.6. The Hall–Kier alpha value is -1.85. The Morgan fingerprint density at radius 3 is 2.83 bits per heavy atom. The van der Waals surface area contributed by atoms with Crippen LogP contribution in [0.15, 0.2) is 30.5 Å². The molecule has 5 heteroatoms. The largest absolute Gasteiger partial charge is 0.481 e. The lowest BCUT2D eigenvalue weighted by Gasteiger charge is -2.16. The molecule has 0 unspecified atom stereocenters. The third kappa shape index (κ3) is 2.69. The van der Waals surface area contributed by atoms with Gasteiger partial charge in [0.05, 0.1) is 12.5 Å². The molecule has 5 N–H and O–H groups in total. The van der Waals surface area contributed by atoms with Gasteiger partial charge in [-0.05, 0) is 18.1 Å². The number of nitrogens with one attached hydrogen (secondary N) is 1. The summed E-state index contributed by atoms with van der Waals surface area (Å²) in [6, 6.07) is 7.20. The first kappa shape index (κ1) is 12.6. The van der Waals surface area contributed by atoms with Crippen LogP contribution in [0.4, 0.5) is 0 Å². The molecule has 2 aromatic rings. The van der Waals surface area contributed by atoms with Crippen molar-refractivity contribution in [2.45, 2.75) is 25.0 Å². The van der Waals surface area contributed by atoms with E-state index in [1.165, 1.54) is 0 Å². The molecule has 0 bridgehead atoms. The Bertz CT molecular complexity index is 550. The van der Waals surface area contributed by atoms with Gasteiger partial charge >= 0.3 is 5.97 Å². The van der Waals surface area contributed by atoms with Crippen LogP contribution in [0.5, 0.6) is 0 Å². The van der Waals surface area contributed by atoms with Crippen molar-refractivity contribution in [2.75, 3.05) is 0 Å². The predicted molar refractivity (Wildman–Crippen MR) is 68.2 cm³/mol. The summed E-state index contributed by atoms with van der Waals surface area (Å²) in [5.41, 5.74) is 7.82. The maximum atomic E-state index is 10.5. The number of nitrogens with two attached hydrogens (primary N) is 1. The van der Waals surface area contributed by atoms with Crippen LogP contribution < -0.4 is 5.73 Å². The maximum absolute atomic E-state index is 10.5. The van der Waals surface area contributed by atoms with Gasteiger partial charge in [0.2, 0.25) is 0 Å². The molecule has 0 radical (unpaired) electrons. The number of aromatic amines is 1. The van der Waals surface area contributed by atoms with Gasteiger partial charge in [0.1, 0.15) is 0 Å². The number of aliphatic hydroxyl groups excluding tert-OH is 1. The van der Waals surface area contributed by atoms with Gasteiger partial charge in [-0.15, -0.1) is 0 Å². The molecule has 5 nitrogen and oxygen atoms in total. The van der Waals surface area contributed by atoms with Crippen LogP contribution in [-0.2, 0) is 11.2 Å². The molecule has 1 heterocycles. The molecule has 2 rings (SSSR count). The van der Waals surface area contributed by atoms with Crippen molar-refractivity contribution in [3.05, 3.63) is 36.0 Å². The molecule has 0 aliphatic heterocycles. The highest BCUT2D eigenvalue weighted by molar-refractivity contribution is 5.83.